The van der Waals surface area contributed by atoms with Gasteiger partial charge in [-0.1, -0.05) is 0 Å². The quantitative estimate of drug-likeness (QED) is 0.862. The fraction of sp³-hybridized carbons (Fsp3) is 0.769. The van der Waals surface area contributed by atoms with E-state index in [1.807, 2.05) is 0 Å². The van der Waals surface area contributed by atoms with Crippen LogP contribution < -0.4 is 5.73 Å². The van der Waals surface area contributed by atoms with Crippen molar-refractivity contribution in [2.45, 2.75) is 24.7 Å². The van der Waals surface area contributed by atoms with Crippen molar-refractivity contribution in [2.75, 3.05) is 39.5 Å². The van der Waals surface area contributed by atoms with Gasteiger partial charge in [0.2, 0.25) is 10.0 Å². The predicted molar refractivity (Wildman–Crippen MR) is 82.4 cm³/mol. The number of hydrogen-bond donors (Lipinski definition) is 1. The maximum atomic E-state index is 12.7. The molecule has 0 amide bonds. The summed E-state index contributed by atoms with van der Waals surface area (Å²) in [4.78, 5) is 2.41. The number of anilines is 1. The first-order valence-corrected chi connectivity index (χ1v) is 8.61. The minimum Gasteiger partial charge on any atom is -0.381 e. The van der Waals surface area contributed by atoms with Gasteiger partial charge in [-0.25, -0.2) is 12.7 Å². The molecule has 0 unspecified atom stereocenters. The number of aryl methyl sites for hydroxylation is 1. The number of aromatic nitrogens is 2. The van der Waals surface area contributed by atoms with Crippen molar-refractivity contribution in [3.05, 3.63) is 5.69 Å². The average Bonchev–Trinajstić information content (AvgIpc) is 2.66. The Hall–Kier alpha value is -1.12. The van der Waals surface area contributed by atoms with Gasteiger partial charge in [-0.2, -0.15) is 5.10 Å². The van der Waals surface area contributed by atoms with E-state index in [1.54, 1.807) is 21.0 Å². The summed E-state index contributed by atoms with van der Waals surface area (Å²) in [6, 6.07) is 0. The molecule has 0 bridgehead atoms. The largest absolute Gasteiger partial charge is 0.381 e. The Morgan fingerprint density at radius 3 is 2.38 bits per heavy atom. The smallest absolute Gasteiger partial charge is 0.248 e. The van der Waals surface area contributed by atoms with Crippen LogP contribution in [0, 0.1) is 12.8 Å². The number of likely N-dealkylation sites (tertiary alicyclic amines) is 1. The standard InChI is InChI=1S/C13H25N5O2S/c1-10-12(13(14)15-18(10)4)21(19,20)17(3)9-11-5-7-16(2)8-6-11/h11H,5-9H2,1-4H3,(H2,14,15). The zero-order valence-electron chi connectivity index (χ0n) is 13.2. The van der Waals surface area contributed by atoms with E-state index in [4.69, 9.17) is 5.73 Å². The number of nitrogens with two attached hydrogens (primary N) is 1. The zero-order valence-corrected chi connectivity index (χ0v) is 14.0. The van der Waals surface area contributed by atoms with Gasteiger partial charge in [0.15, 0.2) is 5.82 Å². The van der Waals surface area contributed by atoms with Gasteiger partial charge < -0.3 is 10.6 Å². The van der Waals surface area contributed by atoms with Crippen molar-refractivity contribution in [3.63, 3.8) is 0 Å². The summed E-state index contributed by atoms with van der Waals surface area (Å²) >= 11 is 0. The molecule has 21 heavy (non-hydrogen) atoms. The van der Waals surface area contributed by atoms with Crippen molar-refractivity contribution in [1.29, 1.82) is 0 Å². The van der Waals surface area contributed by atoms with Crippen LogP contribution in [0.3, 0.4) is 0 Å². The van der Waals surface area contributed by atoms with Crippen LogP contribution in [-0.2, 0) is 17.1 Å². The molecule has 2 N–H and O–H groups in total. The summed E-state index contributed by atoms with van der Waals surface area (Å²) in [7, 11) is 1.83. The number of hydrogen-bond acceptors (Lipinski definition) is 5. The van der Waals surface area contributed by atoms with Crippen LogP contribution in [0.15, 0.2) is 4.90 Å². The molecule has 120 valence electrons. The molecule has 1 fully saturated rings. The summed E-state index contributed by atoms with van der Waals surface area (Å²) < 4.78 is 28.3. The maximum Gasteiger partial charge on any atom is 0.248 e. The molecule has 0 aromatic carbocycles. The van der Waals surface area contributed by atoms with Gasteiger partial charge in [-0.3, -0.25) is 4.68 Å². The molecule has 2 heterocycles. The molecule has 0 saturated carbocycles. The van der Waals surface area contributed by atoms with Crippen LogP contribution >= 0.6 is 0 Å². The summed E-state index contributed by atoms with van der Waals surface area (Å²) in [5.74, 6) is 0.476. The van der Waals surface area contributed by atoms with Crippen molar-refractivity contribution < 1.29 is 8.42 Å². The van der Waals surface area contributed by atoms with Gasteiger partial charge in [-0.15, -0.1) is 0 Å². The van der Waals surface area contributed by atoms with Gasteiger partial charge in [0, 0.05) is 20.6 Å². The molecule has 7 nitrogen and oxygen atoms in total. The highest BCUT2D eigenvalue weighted by atomic mass is 32.2. The SMILES string of the molecule is Cc1c(S(=O)(=O)N(C)CC2CCN(C)CC2)c(N)nn1C. The fourth-order valence-electron chi connectivity index (χ4n) is 2.80. The molecule has 1 saturated heterocycles. The number of nitrogen functional groups attached to an aromatic ring is 1. The van der Waals surface area contributed by atoms with Gasteiger partial charge in [0.05, 0.1) is 5.69 Å². The second kappa shape index (κ2) is 5.94. The molecule has 1 aromatic rings. The van der Waals surface area contributed by atoms with E-state index >= 15 is 0 Å². The third kappa shape index (κ3) is 3.22. The van der Waals surface area contributed by atoms with E-state index in [9.17, 15) is 8.42 Å². The topological polar surface area (TPSA) is 84.5 Å². The number of sulfonamides is 1. The summed E-state index contributed by atoms with van der Waals surface area (Å²) in [6.07, 6.45) is 2.05. The van der Waals surface area contributed by atoms with E-state index in [2.05, 4.69) is 17.0 Å². The molecule has 0 aliphatic carbocycles. The van der Waals surface area contributed by atoms with Gasteiger partial charge in [0.25, 0.3) is 0 Å². The molecular formula is C13H25N5O2S. The van der Waals surface area contributed by atoms with Crippen LogP contribution in [-0.4, -0.2) is 61.1 Å². The van der Waals surface area contributed by atoms with Crippen LogP contribution in [0.5, 0.6) is 0 Å². The zero-order chi connectivity index (χ0) is 15.8. The van der Waals surface area contributed by atoms with Crippen molar-refractivity contribution in [1.82, 2.24) is 19.0 Å². The Kier molecular flexibility index (Phi) is 4.60. The Balaban J connectivity index is 2.15. The molecule has 8 heteroatoms. The maximum absolute atomic E-state index is 12.7. The lowest BCUT2D eigenvalue weighted by Gasteiger charge is -2.31. The number of piperidine rings is 1. The lowest BCUT2D eigenvalue weighted by molar-refractivity contribution is 0.202. The minimum absolute atomic E-state index is 0.0743. The molecule has 2 rings (SSSR count). The monoisotopic (exact) mass is 315 g/mol. The molecule has 0 atom stereocenters. The molecule has 1 aliphatic rings. The highest BCUT2D eigenvalue weighted by Gasteiger charge is 2.30. The predicted octanol–water partition coefficient (Wildman–Crippen LogP) is 0.273. The summed E-state index contributed by atoms with van der Waals surface area (Å²) in [6.45, 7) is 4.29. The Bertz CT molecular complexity index is 602. The van der Waals surface area contributed by atoms with E-state index in [1.165, 1.54) is 8.99 Å². The lowest BCUT2D eigenvalue weighted by atomic mass is 9.97. The molecule has 1 aromatic heterocycles. The van der Waals surface area contributed by atoms with Crippen LogP contribution in [0.4, 0.5) is 5.82 Å². The highest BCUT2D eigenvalue weighted by Crippen LogP contribution is 2.26. The average molecular weight is 315 g/mol. The third-order valence-corrected chi connectivity index (χ3v) is 6.32. The molecule has 0 radical (unpaired) electrons. The first-order chi connectivity index (χ1) is 9.73. The van der Waals surface area contributed by atoms with Crippen molar-refractivity contribution in [2.24, 2.45) is 13.0 Å². The minimum atomic E-state index is -3.58. The second-order valence-electron chi connectivity index (χ2n) is 5.96. The Labute approximate surface area is 126 Å². The number of rotatable bonds is 4. The Morgan fingerprint density at radius 1 is 1.33 bits per heavy atom. The summed E-state index contributed by atoms with van der Waals surface area (Å²) in [5.41, 5.74) is 6.35. The van der Waals surface area contributed by atoms with Gasteiger partial charge in [-0.05, 0) is 45.8 Å². The molecular weight excluding hydrogens is 290 g/mol. The van der Waals surface area contributed by atoms with Gasteiger partial charge >= 0.3 is 0 Å². The van der Waals surface area contributed by atoms with E-state index in [-0.39, 0.29) is 10.7 Å². The first-order valence-electron chi connectivity index (χ1n) is 7.17. The van der Waals surface area contributed by atoms with E-state index in [0.29, 0.717) is 18.2 Å². The lowest BCUT2D eigenvalue weighted by Crippen LogP contribution is -2.38. The Morgan fingerprint density at radius 2 is 1.90 bits per heavy atom. The third-order valence-electron chi connectivity index (χ3n) is 4.33. The normalized spacial score (nSPS) is 18.5. The number of nitrogens with zero attached hydrogens (tertiary/aromatic N) is 4. The molecule has 0 spiro atoms. The van der Waals surface area contributed by atoms with E-state index < -0.39 is 10.0 Å². The fourth-order valence-corrected chi connectivity index (χ4v) is 4.32. The second-order valence-corrected chi connectivity index (χ2v) is 7.94. The summed E-state index contributed by atoms with van der Waals surface area (Å²) in [5, 5.41) is 4.00. The van der Waals surface area contributed by atoms with Crippen LogP contribution in [0.25, 0.3) is 0 Å². The highest BCUT2D eigenvalue weighted by molar-refractivity contribution is 7.89. The molecule has 1 aliphatic heterocycles. The van der Waals surface area contributed by atoms with Gasteiger partial charge in [0.1, 0.15) is 4.90 Å². The van der Waals surface area contributed by atoms with Crippen LogP contribution in [0.2, 0.25) is 0 Å². The van der Waals surface area contributed by atoms with E-state index in [0.717, 1.165) is 25.9 Å². The van der Waals surface area contributed by atoms with Crippen molar-refractivity contribution in [3.8, 4) is 0 Å². The van der Waals surface area contributed by atoms with Crippen LogP contribution in [0.1, 0.15) is 18.5 Å². The van der Waals surface area contributed by atoms with Crippen molar-refractivity contribution >= 4 is 15.8 Å². The first kappa shape index (κ1) is 16.3.